The first kappa shape index (κ1) is 25.6. The van der Waals surface area contributed by atoms with Gasteiger partial charge in [-0.1, -0.05) is 37.0 Å². The van der Waals surface area contributed by atoms with Crippen LogP contribution in [0.25, 0.3) is 0 Å². The van der Waals surface area contributed by atoms with E-state index in [2.05, 4.69) is 44.0 Å². The minimum absolute atomic E-state index is 0.180. The molecule has 0 aliphatic carbocycles. The van der Waals surface area contributed by atoms with Gasteiger partial charge < -0.3 is 19.9 Å². The Bertz CT molecular complexity index is 1170. The number of carbonyl (C=O) groups is 1. The monoisotopic (exact) mass is 515 g/mol. The van der Waals surface area contributed by atoms with E-state index >= 15 is 0 Å². The Morgan fingerprint density at radius 3 is 2.57 bits per heavy atom. The van der Waals surface area contributed by atoms with Gasteiger partial charge in [-0.3, -0.25) is 0 Å². The van der Waals surface area contributed by atoms with Gasteiger partial charge in [-0.25, -0.2) is 9.78 Å². The molecule has 35 heavy (non-hydrogen) atoms. The normalized spacial score (nSPS) is 17.2. The molecule has 1 aromatic carbocycles. The van der Waals surface area contributed by atoms with Gasteiger partial charge in [0.1, 0.15) is 5.82 Å². The van der Waals surface area contributed by atoms with Gasteiger partial charge in [0.15, 0.2) is 0 Å². The summed E-state index contributed by atoms with van der Waals surface area (Å²) in [5.41, 5.74) is 3.84. The lowest BCUT2D eigenvalue weighted by Gasteiger charge is -2.38. The molecule has 0 bridgehead atoms. The minimum Gasteiger partial charge on any atom is -0.370 e. The number of nitrogens with zero attached hydrogens (tertiary/aromatic N) is 4. The van der Waals surface area contributed by atoms with Crippen LogP contribution in [-0.4, -0.2) is 47.7 Å². The smallest absolute Gasteiger partial charge is 0.321 e. The number of hydrogen-bond donors (Lipinski definition) is 1. The zero-order chi connectivity index (χ0) is 25.3. The SMILES string of the molecule is CC(C)Cc1c(N2CCN(C(=O)Nc3ccc(Cl)c(Cl)c3)CC2)nc2c(c1C#N)COC(C)(C)C2. The molecular formula is C26H31Cl2N5O2. The molecule has 2 amide bonds. The number of rotatable bonds is 4. The van der Waals surface area contributed by atoms with Crippen molar-refractivity contribution in [3.63, 3.8) is 0 Å². The first-order valence-electron chi connectivity index (χ1n) is 11.9. The van der Waals surface area contributed by atoms with Crippen LogP contribution in [0.3, 0.4) is 0 Å². The molecule has 186 valence electrons. The average Bonchev–Trinajstić information content (AvgIpc) is 2.80. The van der Waals surface area contributed by atoms with Crippen LogP contribution in [0.1, 0.15) is 50.1 Å². The van der Waals surface area contributed by atoms with Crippen LogP contribution in [0.2, 0.25) is 10.0 Å². The van der Waals surface area contributed by atoms with Crippen LogP contribution in [-0.2, 0) is 24.2 Å². The predicted molar refractivity (Wildman–Crippen MR) is 139 cm³/mol. The fourth-order valence-electron chi connectivity index (χ4n) is 4.62. The van der Waals surface area contributed by atoms with Crippen LogP contribution >= 0.6 is 23.2 Å². The highest BCUT2D eigenvalue weighted by Crippen LogP contribution is 2.35. The second-order valence-corrected chi connectivity index (χ2v) is 11.0. The van der Waals surface area contributed by atoms with E-state index in [0.29, 0.717) is 66.4 Å². The third kappa shape index (κ3) is 5.66. The molecule has 4 rings (SSSR count). The molecule has 2 aliphatic heterocycles. The first-order valence-corrected chi connectivity index (χ1v) is 12.7. The number of urea groups is 1. The Labute approximate surface area is 217 Å². The number of nitrogens with one attached hydrogen (secondary N) is 1. The molecule has 3 heterocycles. The number of nitriles is 1. The third-order valence-corrected chi connectivity index (χ3v) is 7.16. The first-order chi connectivity index (χ1) is 16.6. The lowest BCUT2D eigenvalue weighted by molar-refractivity contribution is -0.0414. The molecule has 1 fully saturated rings. The van der Waals surface area contributed by atoms with Gasteiger partial charge in [0.05, 0.1) is 39.6 Å². The Morgan fingerprint density at radius 2 is 1.94 bits per heavy atom. The van der Waals surface area contributed by atoms with Crippen LogP contribution in [0.4, 0.5) is 16.3 Å². The summed E-state index contributed by atoms with van der Waals surface area (Å²) < 4.78 is 6.01. The number of piperazine rings is 1. The summed E-state index contributed by atoms with van der Waals surface area (Å²) in [5, 5.41) is 13.8. The van der Waals surface area contributed by atoms with Crippen molar-refractivity contribution in [2.45, 2.75) is 52.7 Å². The molecule has 0 unspecified atom stereocenters. The zero-order valence-electron chi connectivity index (χ0n) is 20.6. The third-order valence-electron chi connectivity index (χ3n) is 6.42. The van der Waals surface area contributed by atoms with Gasteiger partial charge in [-0.2, -0.15) is 5.26 Å². The van der Waals surface area contributed by atoms with Crippen molar-refractivity contribution in [1.82, 2.24) is 9.88 Å². The van der Waals surface area contributed by atoms with Crippen molar-refractivity contribution in [1.29, 1.82) is 5.26 Å². The molecule has 7 nitrogen and oxygen atoms in total. The maximum absolute atomic E-state index is 12.8. The van der Waals surface area contributed by atoms with Gasteiger partial charge in [0.25, 0.3) is 0 Å². The molecule has 1 N–H and O–H groups in total. The molecule has 0 saturated carbocycles. The molecular weight excluding hydrogens is 485 g/mol. The van der Waals surface area contributed by atoms with Crippen LogP contribution in [0, 0.1) is 17.2 Å². The highest BCUT2D eigenvalue weighted by Gasteiger charge is 2.33. The van der Waals surface area contributed by atoms with Crippen molar-refractivity contribution < 1.29 is 9.53 Å². The molecule has 0 radical (unpaired) electrons. The number of halogens is 2. The summed E-state index contributed by atoms with van der Waals surface area (Å²) in [6.07, 6.45) is 1.43. The van der Waals surface area contributed by atoms with E-state index in [9.17, 15) is 10.1 Å². The lowest BCUT2D eigenvalue weighted by atomic mass is 9.89. The quantitative estimate of drug-likeness (QED) is 0.567. The number of hydrogen-bond acceptors (Lipinski definition) is 5. The van der Waals surface area contributed by atoms with Crippen LogP contribution in [0.5, 0.6) is 0 Å². The number of ether oxygens (including phenoxy) is 1. The largest absolute Gasteiger partial charge is 0.370 e. The summed E-state index contributed by atoms with van der Waals surface area (Å²) in [6.45, 7) is 11.2. The van der Waals surface area contributed by atoms with Gasteiger partial charge in [0, 0.05) is 49.4 Å². The Hall–Kier alpha value is -2.53. The average molecular weight is 516 g/mol. The van der Waals surface area contributed by atoms with Crippen molar-refractivity contribution in [2.24, 2.45) is 5.92 Å². The Morgan fingerprint density at radius 1 is 1.23 bits per heavy atom. The summed E-state index contributed by atoms with van der Waals surface area (Å²) in [5.74, 6) is 1.25. The number of pyridine rings is 1. The number of amides is 2. The maximum atomic E-state index is 12.8. The highest BCUT2D eigenvalue weighted by atomic mass is 35.5. The van der Waals surface area contributed by atoms with Crippen molar-refractivity contribution in [3.05, 3.63) is 50.6 Å². The summed E-state index contributed by atoms with van der Waals surface area (Å²) in [6, 6.07) is 7.31. The van der Waals surface area contributed by atoms with Gasteiger partial charge >= 0.3 is 6.03 Å². The summed E-state index contributed by atoms with van der Waals surface area (Å²) in [7, 11) is 0. The minimum atomic E-state index is -0.315. The van der Waals surface area contributed by atoms with E-state index in [4.69, 9.17) is 32.9 Å². The molecule has 9 heteroatoms. The van der Waals surface area contributed by atoms with E-state index in [1.807, 2.05) is 0 Å². The van der Waals surface area contributed by atoms with Gasteiger partial charge in [-0.05, 0) is 44.4 Å². The topological polar surface area (TPSA) is 81.5 Å². The number of benzene rings is 1. The van der Waals surface area contributed by atoms with Gasteiger partial charge in [0.2, 0.25) is 0 Å². The number of carbonyl (C=O) groups excluding carboxylic acids is 1. The lowest BCUT2D eigenvalue weighted by Crippen LogP contribution is -2.50. The second-order valence-electron chi connectivity index (χ2n) is 10.2. The van der Waals surface area contributed by atoms with E-state index in [1.54, 1.807) is 23.1 Å². The summed E-state index contributed by atoms with van der Waals surface area (Å²) >= 11 is 12.0. The number of fused-ring (bicyclic) bond motifs is 1. The number of aromatic nitrogens is 1. The van der Waals surface area contributed by atoms with Gasteiger partial charge in [-0.15, -0.1) is 0 Å². The van der Waals surface area contributed by atoms with E-state index < -0.39 is 0 Å². The standard InChI is InChI=1S/C26H31Cl2N5O2/c1-16(2)11-18-19(14-29)20-15-35-26(3,4)13-23(20)31-24(18)32-7-9-33(10-8-32)25(34)30-17-5-6-21(27)22(28)12-17/h5-6,12,16H,7-11,13,15H2,1-4H3,(H,30,34). The maximum Gasteiger partial charge on any atom is 0.321 e. The Kier molecular flexibility index (Phi) is 7.46. The van der Waals surface area contributed by atoms with Crippen LogP contribution in [0.15, 0.2) is 18.2 Å². The molecule has 0 atom stereocenters. The summed E-state index contributed by atoms with van der Waals surface area (Å²) in [4.78, 5) is 21.9. The molecule has 0 spiro atoms. The van der Waals surface area contributed by atoms with Crippen LogP contribution < -0.4 is 10.2 Å². The second kappa shape index (κ2) is 10.2. The fraction of sp³-hybridized carbons (Fsp3) is 0.500. The van der Waals surface area contributed by atoms with E-state index in [0.717, 1.165) is 29.1 Å². The Balaban J connectivity index is 1.55. The van der Waals surface area contributed by atoms with E-state index in [-0.39, 0.29) is 11.6 Å². The molecule has 2 aliphatic rings. The molecule has 2 aromatic rings. The zero-order valence-corrected chi connectivity index (χ0v) is 22.1. The van der Waals surface area contributed by atoms with Crippen molar-refractivity contribution in [2.75, 3.05) is 36.4 Å². The number of anilines is 2. The predicted octanol–water partition coefficient (Wildman–Crippen LogP) is 5.66. The van der Waals surface area contributed by atoms with E-state index in [1.165, 1.54) is 0 Å². The van der Waals surface area contributed by atoms with Crippen molar-refractivity contribution >= 4 is 40.7 Å². The molecule has 1 saturated heterocycles. The highest BCUT2D eigenvalue weighted by molar-refractivity contribution is 6.42. The van der Waals surface area contributed by atoms with Crippen molar-refractivity contribution in [3.8, 4) is 6.07 Å². The fourth-order valence-corrected chi connectivity index (χ4v) is 4.92. The molecule has 1 aromatic heterocycles.